The highest BCUT2D eigenvalue weighted by Crippen LogP contribution is 2.29. The number of aliphatic hydroxyl groups is 1. The van der Waals surface area contributed by atoms with E-state index >= 15 is 0 Å². The van der Waals surface area contributed by atoms with Gasteiger partial charge in [-0.2, -0.15) is 0 Å². The summed E-state index contributed by atoms with van der Waals surface area (Å²) in [6.45, 7) is 6.13. The molecule has 0 saturated carbocycles. The second kappa shape index (κ2) is 6.40. The topological polar surface area (TPSA) is 58.6 Å². The van der Waals surface area contributed by atoms with Gasteiger partial charge in [-0.05, 0) is 41.7 Å². The Kier molecular flexibility index (Phi) is 5.16. The van der Waals surface area contributed by atoms with Crippen LogP contribution >= 0.6 is 0 Å². The third-order valence-corrected chi connectivity index (χ3v) is 2.93. The lowest BCUT2D eigenvalue weighted by Crippen LogP contribution is -2.26. The van der Waals surface area contributed by atoms with E-state index in [1.54, 1.807) is 7.11 Å². The predicted octanol–water partition coefficient (Wildman–Crippen LogP) is 1.74. The third kappa shape index (κ3) is 3.47. The molecule has 1 amide bonds. The molecule has 1 aromatic rings. The van der Waals surface area contributed by atoms with E-state index in [1.165, 1.54) is 0 Å². The van der Waals surface area contributed by atoms with Crippen LogP contribution in [0.3, 0.4) is 0 Å². The zero-order valence-corrected chi connectivity index (χ0v) is 11.4. The number of aryl methyl sites for hydroxylation is 1. The molecule has 0 aliphatic heterocycles. The standard InChI is InChI=1S/C14H21NO3/c1-9(2)12-6-11(7-15-14(17)8-16)10(3)5-13(12)18-4/h5-6,9,16H,7-8H2,1-4H3,(H,15,17). The summed E-state index contributed by atoms with van der Waals surface area (Å²) in [6.07, 6.45) is 0. The molecule has 0 fully saturated rings. The Morgan fingerprint density at radius 1 is 1.44 bits per heavy atom. The van der Waals surface area contributed by atoms with Crippen molar-refractivity contribution in [2.45, 2.75) is 33.2 Å². The average Bonchev–Trinajstić information content (AvgIpc) is 2.35. The highest BCUT2D eigenvalue weighted by atomic mass is 16.5. The fourth-order valence-corrected chi connectivity index (χ4v) is 1.81. The molecule has 100 valence electrons. The summed E-state index contributed by atoms with van der Waals surface area (Å²) < 4.78 is 5.36. The Bertz CT molecular complexity index is 427. The van der Waals surface area contributed by atoms with Crippen LogP contribution in [0.25, 0.3) is 0 Å². The van der Waals surface area contributed by atoms with Crippen LogP contribution in [0.1, 0.15) is 36.5 Å². The molecule has 0 aromatic heterocycles. The van der Waals surface area contributed by atoms with Crippen LogP contribution in [-0.2, 0) is 11.3 Å². The second-order valence-electron chi connectivity index (χ2n) is 4.61. The lowest BCUT2D eigenvalue weighted by Gasteiger charge is -2.16. The number of rotatable bonds is 5. The number of carbonyl (C=O) groups excluding carboxylic acids is 1. The summed E-state index contributed by atoms with van der Waals surface area (Å²) in [5.41, 5.74) is 3.23. The molecule has 4 nitrogen and oxygen atoms in total. The second-order valence-corrected chi connectivity index (χ2v) is 4.61. The van der Waals surface area contributed by atoms with Gasteiger partial charge in [0.2, 0.25) is 5.91 Å². The van der Waals surface area contributed by atoms with Gasteiger partial charge in [0, 0.05) is 6.54 Å². The maximum Gasteiger partial charge on any atom is 0.245 e. The SMILES string of the molecule is COc1cc(C)c(CNC(=O)CO)cc1C(C)C. The van der Waals surface area contributed by atoms with E-state index in [-0.39, 0.29) is 5.91 Å². The molecule has 0 bridgehead atoms. The first-order chi connectivity index (χ1) is 8.49. The van der Waals surface area contributed by atoms with Crippen LogP contribution in [0.2, 0.25) is 0 Å². The van der Waals surface area contributed by atoms with Crippen molar-refractivity contribution in [2.75, 3.05) is 13.7 Å². The first-order valence-electron chi connectivity index (χ1n) is 6.04. The van der Waals surface area contributed by atoms with Crippen LogP contribution in [0.4, 0.5) is 0 Å². The van der Waals surface area contributed by atoms with Gasteiger partial charge in [0.05, 0.1) is 7.11 Å². The summed E-state index contributed by atoms with van der Waals surface area (Å²) >= 11 is 0. The Morgan fingerprint density at radius 2 is 2.11 bits per heavy atom. The highest BCUT2D eigenvalue weighted by Gasteiger charge is 2.11. The van der Waals surface area contributed by atoms with E-state index < -0.39 is 6.61 Å². The number of carbonyl (C=O) groups is 1. The van der Waals surface area contributed by atoms with Gasteiger partial charge in [0.1, 0.15) is 12.4 Å². The number of hydrogen-bond donors (Lipinski definition) is 2. The average molecular weight is 251 g/mol. The van der Waals surface area contributed by atoms with Gasteiger partial charge in [0.25, 0.3) is 0 Å². The van der Waals surface area contributed by atoms with E-state index in [2.05, 4.69) is 25.2 Å². The van der Waals surface area contributed by atoms with E-state index in [9.17, 15) is 4.79 Å². The maximum atomic E-state index is 11.1. The third-order valence-electron chi connectivity index (χ3n) is 2.93. The molecule has 0 spiro atoms. The largest absolute Gasteiger partial charge is 0.496 e. The summed E-state index contributed by atoms with van der Waals surface area (Å²) in [5.74, 6) is 0.865. The molecule has 0 aliphatic rings. The first-order valence-corrected chi connectivity index (χ1v) is 6.04. The van der Waals surface area contributed by atoms with Crippen molar-refractivity contribution in [1.29, 1.82) is 0 Å². The zero-order valence-electron chi connectivity index (χ0n) is 11.4. The Hall–Kier alpha value is -1.55. The quantitative estimate of drug-likeness (QED) is 0.838. The lowest BCUT2D eigenvalue weighted by molar-refractivity contribution is -0.123. The van der Waals surface area contributed by atoms with Crippen molar-refractivity contribution in [3.63, 3.8) is 0 Å². The fraction of sp³-hybridized carbons (Fsp3) is 0.500. The number of aliphatic hydroxyl groups excluding tert-OH is 1. The van der Waals surface area contributed by atoms with Gasteiger partial charge < -0.3 is 15.2 Å². The number of ether oxygens (including phenoxy) is 1. The summed E-state index contributed by atoms with van der Waals surface area (Å²) in [5, 5.41) is 11.3. The molecule has 0 aliphatic carbocycles. The van der Waals surface area contributed by atoms with Crippen molar-refractivity contribution in [1.82, 2.24) is 5.32 Å². The lowest BCUT2D eigenvalue weighted by atomic mass is 9.96. The number of nitrogens with one attached hydrogen (secondary N) is 1. The minimum Gasteiger partial charge on any atom is -0.496 e. The van der Waals surface area contributed by atoms with Crippen molar-refractivity contribution in [3.8, 4) is 5.75 Å². The van der Waals surface area contributed by atoms with Crippen molar-refractivity contribution >= 4 is 5.91 Å². The fourth-order valence-electron chi connectivity index (χ4n) is 1.81. The summed E-state index contributed by atoms with van der Waals surface area (Å²) in [6, 6.07) is 4.03. The van der Waals surface area contributed by atoms with Gasteiger partial charge in [-0.1, -0.05) is 13.8 Å². The minimum atomic E-state index is -0.480. The molecule has 0 saturated heterocycles. The number of methoxy groups -OCH3 is 1. The minimum absolute atomic E-state index is 0.354. The molecular weight excluding hydrogens is 230 g/mol. The van der Waals surface area contributed by atoms with Gasteiger partial charge in [-0.15, -0.1) is 0 Å². The molecule has 0 unspecified atom stereocenters. The Morgan fingerprint density at radius 3 is 2.61 bits per heavy atom. The van der Waals surface area contributed by atoms with Gasteiger partial charge in [-0.3, -0.25) is 4.79 Å². The molecule has 1 aromatic carbocycles. The van der Waals surface area contributed by atoms with Gasteiger partial charge in [-0.25, -0.2) is 0 Å². The molecule has 0 heterocycles. The van der Waals surface area contributed by atoms with E-state index in [0.717, 1.165) is 22.4 Å². The van der Waals surface area contributed by atoms with Crippen molar-refractivity contribution < 1.29 is 14.6 Å². The Labute approximate surface area is 108 Å². The number of benzene rings is 1. The van der Waals surface area contributed by atoms with Crippen molar-refractivity contribution in [3.05, 3.63) is 28.8 Å². The van der Waals surface area contributed by atoms with E-state index in [4.69, 9.17) is 9.84 Å². The molecule has 18 heavy (non-hydrogen) atoms. The van der Waals surface area contributed by atoms with Crippen LogP contribution in [0.5, 0.6) is 5.75 Å². The smallest absolute Gasteiger partial charge is 0.245 e. The summed E-state index contributed by atoms with van der Waals surface area (Å²) in [7, 11) is 1.66. The maximum absolute atomic E-state index is 11.1. The van der Waals surface area contributed by atoms with Crippen LogP contribution in [0.15, 0.2) is 12.1 Å². The van der Waals surface area contributed by atoms with E-state index in [1.807, 2.05) is 13.0 Å². The van der Waals surface area contributed by atoms with Crippen LogP contribution in [0, 0.1) is 6.92 Å². The van der Waals surface area contributed by atoms with E-state index in [0.29, 0.717) is 12.5 Å². The van der Waals surface area contributed by atoms with Gasteiger partial charge >= 0.3 is 0 Å². The van der Waals surface area contributed by atoms with Gasteiger partial charge in [0.15, 0.2) is 0 Å². The zero-order chi connectivity index (χ0) is 13.7. The Balaban J connectivity index is 2.98. The summed E-state index contributed by atoms with van der Waals surface area (Å²) in [4.78, 5) is 11.1. The molecule has 0 radical (unpaired) electrons. The van der Waals surface area contributed by atoms with Crippen LogP contribution in [-0.4, -0.2) is 24.7 Å². The monoisotopic (exact) mass is 251 g/mol. The highest BCUT2D eigenvalue weighted by molar-refractivity contribution is 5.76. The number of hydrogen-bond acceptors (Lipinski definition) is 3. The molecular formula is C14H21NO3. The normalized spacial score (nSPS) is 10.6. The molecule has 2 N–H and O–H groups in total. The molecule has 4 heteroatoms. The first kappa shape index (κ1) is 14.5. The molecule has 1 rings (SSSR count). The van der Waals surface area contributed by atoms with Crippen LogP contribution < -0.4 is 10.1 Å². The van der Waals surface area contributed by atoms with Crippen molar-refractivity contribution in [2.24, 2.45) is 0 Å². The predicted molar refractivity (Wildman–Crippen MR) is 70.8 cm³/mol. The number of amides is 1. The molecule has 0 atom stereocenters.